The molecule has 4 N–H and O–H groups in total. The zero-order valence-electron chi connectivity index (χ0n) is 10.2. The van der Waals surface area contributed by atoms with Gasteiger partial charge >= 0.3 is 0 Å². The van der Waals surface area contributed by atoms with Gasteiger partial charge in [0.1, 0.15) is 0 Å². The highest BCUT2D eigenvalue weighted by molar-refractivity contribution is 7.98. The smallest absolute Gasteiger partial charge is 0.236 e. The first-order valence-electron chi connectivity index (χ1n) is 5.78. The fourth-order valence-corrected chi connectivity index (χ4v) is 1.87. The van der Waals surface area contributed by atoms with E-state index in [-0.39, 0.29) is 12.5 Å². The molecule has 2 atom stereocenters. The van der Waals surface area contributed by atoms with E-state index < -0.39 is 6.04 Å². The largest absolute Gasteiger partial charge is 0.396 e. The molecule has 0 heterocycles. The van der Waals surface area contributed by atoms with E-state index in [1.807, 2.05) is 6.26 Å². The average molecular weight is 248 g/mol. The summed E-state index contributed by atoms with van der Waals surface area (Å²) >= 11 is 1.69. The van der Waals surface area contributed by atoms with Crippen LogP contribution in [0.5, 0.6) is 0 Å². The molecular formula is C11H24N2O2S. The number of carbonyl (C=O) groups is 1. The van der Waals surface area contributed by atoms with Crippen LogP contribution in [0, 0.1) is 5.92 Å². The Hall–Kier alpha value is -0.260. The summed E-state index contributed by atoms with van der Waals surface area (Å²) < 4.78 is 0. The van der Waals surface area contributed by atoms with Crippen LogP contribution in [0.15, 0.2) is 0 Å². The Bertz CT molecular complexity index is 191. The van der Waals surface area contributed by atoms with Gasteiger partial charge in [-0.25, -0.2) is 0 Å². The van der Waals surface area contributed by atoms with Crippen molar-refractivity contribution < 1.29 is 9.90 Å². The molecule has 1 unspecified atom stereocenters. The SMILES string of the molecule is CCC(CCO)CNC(=O)[C@@H](N)CCSC. The van der Waals surface area contributed by atoms with E-state index in [9.17, 15) is 4.79 Å². The second-order valence-corrected chi connectivity index (χ2v) is 4.91. The minimum Gasteiger partial charge on any atom is -0.396 e. The first kappa shape index (κ1) is 15.7. The highest BCUT2D eigenvalue weighted by Crippen LogP contribution is 2.06. The number of aliphatic hydroxyl groups is 1. The summed E-state index contributed by atoms with van der Waals surface area (Å²) in [6, 6.07) is -0.404. The fraction of sp³-hybridized carbons (Fsp3) is 0.909. The number of rotatable bonds is 9. The van der Waals surface area contributed by atoms with Crippen molar-refractivity contribution in [3.63, 3.8) is 0 Å². The van der Waals surface area contributed by atoms with E-state index in [1.165, 1.54) is 0 Å². The van der Waals surface area contributed by atoms with Gasteiger partial charge in [0.05, 0.1) is 6.04 Å². The number of amides is 1. The molecule has 0 aliphatic heterocycles. The first-order valence-corrected chi connectivity index (χ1v) is 7.18. The van der Waals surface area contributed by atoms with Crippen LogP contribution in [-0.2, 0) is 4.79 Å². The molecule has 0 fully saturated rings. The molecule has 0 aromatic rings. The number of nitrogens with one attached hydrogen (secondary N) is 1. The van der Waals surface area contributed by atoms with Crippen molar-refractivity contribution in [2.75, 3.05) is 25.2 Å². The van der Waals surface area contributed by atoms with Crippen molar-refractivity contribution in [1.82, 2.24) is 5.32 Å². The highest BCUT2D eigenvalue weighted by Gasteiger charge is 2.14. The maximum absolute atomic E-state index is 11.6. The van der Waals surface area contributed by atoms with Crippen LogP contribution < -0.4 is 11.1 Å². The van der Waals surface area contributed by atoms with Crippen molar-refractivity contribution in [1.29, 1.82) is 0 Å². The maximum atomic E-state index is 11.6. The summed E-state index contributed by atoms with van der Waals surface area (Å²) in [5.74, 6) is 1.18. The van der Waals surface area contributed by atoms with Crippen molar-refractivity contribution in [2.45, 2.75) is 32.2 Å². The number of hydrogen-bond acceptors (Lipinski definition) is 4. The van der Waals surface area contributed by atoms with Crippen LogP contribution in [0.1, 0.15) is 26.2 Å². The predicted octanol–water partition coefficient (Wildman–Crippen LogP) is 0.592. The quantitative estimate of drug-likeness (QED) is 0.558. The summed E-state index contributed by atoms with van der Waals surface area (Å²) in [5, 5.41) is 11.7. The zero-order chi connectivity index (χ0) is 12.4. The third kappa shape index (κ3) is 7.09. The Morgan fingerprint density at radius 3 is 2.69 bits per heavy atom. The minimum atomic E-state index is -0.404. The second-order valence-electron chi connectivity index (χ2n) is 3.92. The topological polar surface area (TPSA) is 75.3 Å². The predicted molar refractivity (Wildman–Crippen MR) is 69.5 cm³/mol. The third-order valence-corrected chi connectivity index (χ3v) is 3.29. The Kier molecular flexibility index (Phi) is 9.77. The van der Waals surface area contributed by atoms with Gasteiger partial charge in [0.25, 0.3) is 0 Å². The molecule has 0 aliphatic carbocycles. The molecule has 0 spiro atoms. The summed E-state index contributed by atoms with van der Waals surface area (Å²) in [5.41, 5.74) is 5.73. The molecule has 0 rings (SSSR count). The number of nitrogens with two attached hydrogens (primary N) is 1. The van der Waals surface area contributed by atoms with Gasteiger partial charge < -0.3 is 16.2 Å². The van der Waals surface area contributed by atoms with Gasteiger partial charge in [-0.3, -0.25) is 4.79 Å². The Labute approximate surface area is 102 Å². The van der Waals surface area contributed by atoms with Gasteiger partial charge in [0, 0.05) is 13.2 Å². The number of aliphatic hydroxyl groups excluding tert-OH is 1. The molecule has 0 saturated carbocycles. The summed E-state index contributed by atoms with van der Waals surface area (Å²) in [6.07, 6.45) is 4.40. The average Bonchev–Trinajstić information content (AvgIpc) is 2.30. The lowest BCUT2D eigenvalue weighted by Crippen LogP contribution is -2.42. The molecule has 16 heavy (non-hydrogen) atoms. The summed E-state index contributed by atoms with van der Waals surface area (Å²) in [4.78, 5) is 11.6. The number of hydrogen-bond donors (Lipinski definition) is 3. The van der Waals surface area contributed by atoms with Crippen molar-refractivity contribution in [3.05, 3.63) is 0 Å². The standard InChI is InChI=1S/C11H24N2O2S/c1-3-9(4-6-14)8-13-11(15)10(12)5-7-16-2/h9-10,14H,3-8,12H2,1-2H3,(H,13,15)/t9?,10-/m0/s1. The van der Waals surface area contributed by atoms with E-state index >= 15 is 0 Å². The van der Waals surface area contributed by atoms with Gasteiger partial charge in [-0.05, 0) is 30.8 Å². The molecule has 0 bridgehead atoms. The summed E-state index contributed by atoms with van der Waals surface area (Å²) in [6.45, 7) is 2.84. The van der Waals surface area contributed by atoms with Crippen LogP contribution >= 0.6 is 11.8 Å². The van der Waals surface area contributed by atoms with Gasteiger partial charge in [0.15, 0.2) is 0 Å². The van der Waals surface area contributed by atoms with E-state index in [0.29, 0.717) is 18.9 Å². The Morgan fingerprint density at radius 1 is 1.50 bits per heavy atom. The van der Waals surface area contributed by atoms with Crippen LogP contribution in [0.3, 0.4) is 0 Å². The van der Waals surface area contributed by atoms with Crippen LogP contribution in [-0.4, -0.2) is 42.2 Å². The Balaban J connectivity index is 3.76. The van der Waals surface area contributed by atoms with Crippen molar-refractivity contribution >= 4 is 17.7 Å². The van der Waals surface area contributed by atoms with Crippen LogP contribution in [0.25, 0.3) is 0 Å². The first-order chi connectivity index (χ1) is 7.65. The Morgan fingerprint density at radius 2 is 2.19 bits per heavy atom. The molecule has 0 aliphatic rings. The molecular weight excluding hydrogens is 224 g/mol. The van der Waals surface area contributed by atoms with E-state index in [4.69, 9.17) is 10.8 Å². The van der Waals surface area contributed by atoms with E-state index in [2.05, 4.69) is 12.2 Å². The molecule has 0 aromatic carbocycles. The molecule has 1 amide bonds. The van der Waals surface area contributed by atoms with Gasteiger partial charge in [-0.1, -0.05) is 13.3 Å². The molecule has 0 saturated heterocycles. The maximum Gasteiger partial charge on any atom is 0.236 e. The number of carbonyl (C=O) groups excluding carboxylic acids is 1. The highest BCUT2D eigenvalue weighted by atomic mass is 32.2. The fourth-order valence-electron chi connectivity index (χ4n) is 1.39. The lowest BCUT2D eigenvalue weighted by atomic mass is 10.0. The minimum absolute atomic E-state index is 0.0783. The summed E-state index contributed by atoms with van der Waals surface area (Å²) in [7, 11) is 0. The lowest BCUT2D eigenvalue weighted by Gasteiger charge is -2.16. The molecule has 96 valence electrons. The molecule has 5 heteroatoms. The molecule has 4 nitrogen and oxygen atoms in total. The monoisotopic (exact) mass is 248 g/mol. The van der Waals surface area contributed by atoms with Crippen molar-refractivity contribution in [3.8, 4) is 0 Å². The molecule has 0 radical (unpaired) electrons. The van der Waals surface area contributed by atoms with Crippen LogP contribution in [0.2, 0.25) is 0 Å². The second kappa shape index (κ2) is 9.93. The number of thioether (sulfide) groups is 1. The van der Waals surface area contributed by atoms with Gasteiger partial charge in [0.2, 0.25) is 5.91 Å². The van der Waals surface area contributed by atoms with E-state index in [1.54, 1.807) is 11.8 Å². The normalized spacial score (nSPS) is 14.5. The van der Waals surface area contributed by atoms with Crippen LogP contribution in [0.4, 0.5) is 0 Å². The lowest BCUT2D eigenvalue weighted by molar-refractivity contribution is -0.122. The third-order valence-electron chi connectivity index (χ3n) is 2.65. The van der Waals surface area contributed by atoms with Gasteiger partial charge in [-0.15, -0.1) is 0 Å². The zero-order valence-corrected chi connectivity index (χ0v) is 11.1. The van der Waals surface area contributed by atoms with E-state index in [0.717, 1.165) is 18.6 Å². The molecule has 0 aromatic heterocycles. The van der Waals surface area contributed by atoms with Gasteiger partial charge in [-0.2, -0.15) is 11.8 Å². The van der Waals surface area contributed by atoms with Crippen molar-refractivity contribution in [2.24, 2.45) is 11.7 Å².